The van der Waals surface area contributed by atoms with Gasteiger partial charge in [0.25, 0.3) is 0 Å². The van der Waals surface area contributed by atoms with Crippen molar-refractivity contribution in [1.29, 1.82) is 0 Å². The zero-order valence-corrected chi connectivity index (χ0v) is 28.3. The Morgan fingerprint density at radius 3 is 2.27 bits per heavy atom. The Hall–Kier alpha value is -5.64. The number of carbonyl (C=O) groups is 4. The Labute approximate surface area is 301 Å². The fourth-order valence-corrected chi connectivity index (χ4v) is 9.46. The molecule has 52 heavy (non-hydrogen) atoms. The molecule has 6 atom stereocenters. The van der Waals surface area contributed by atoms with Gasteiger partial charge in [-0.25, -0.2) is 0 Å². The molecule has 3 N–H and O–H groups in total. The number of amides is 2. The number of Topliss-reactive ketones (excluding diaryl/α,β-unsaturated/α-hetero) is 1. The second-order valence-electron chi connectivity index (χ2n) is 14.1. The van der Waals surface area contributed by atoms with Crippen LogP contribution in [0.1, 0.15) is 41.0 Å². The highest BCUT2D eigenvalue weighted by Crippen LogP contribution is 2.64. The van der Waals surface area contributed by atoms with E-state index in [9.17, 15) is 24.7 Å². The molecule has 258 valence electrons. The van der Waals surface area contributed by atoms with Gasteiger partial charge in [0.2, 0.25) is 11.8 Å². The van der Waals surface area contributed by atoms with Crippen molar-refractivity contribution in [3.8, 4) is 5.75 Å². The van der Waals surface area contributed by atoms with Gasteiger partial charge in [-0.05, 0) is 65.5 Å². The van der Waals surface area contributed by atoms with E-state index in [4.69, 9.17) is 0 Å². The maximum Gasteiger partial charge on any atom is 0.488 e. The summed E-state index contributed by atoms with van der Waals surface area (Å²) in [6.07, 6.45) is 5.81. The lowest BCUT2D eigenvalue weighted by molar-refractivity contribution is -0.135. The zero-order chi connectivity index (χ0) is 36.3. The Morgan fingerprint density at radius 1 is 0.846 bits per heavy atom. The average molecular weight is 690 g/mol. The van der Waals surface area contributed by atoms with Crippen LogP contribution in [0.25, 0.3) is 5.57 Å². The molecule has 0 spiro atoms. The first-order valence-electron chi connectivity index (χ1n) is 17.5. The number of carbonyl (C=O) groups excluding carboxylic acids is 4. The van der Waals surface area contributed by atoms with E-state index < -0.39 is 53.9 Å². The largest absolute Gasteiger partial charge is 0.507 e. The number of nitrogens with zero attached hydrogens (tertiary/aromatic N) is 1. The SMILES string of the molecule is C=CCc1cccc([C@H]2C3=CC[C@@H]4C(=O)N(c5cccc(B(O)O)c5)C(=O)[C@@H]4[C@@H]3C[C@H]3C(=O)C(c4ccccc4)=CC(=O)[C@@]23c2ccccc2)c1O. The second-order valence-corrected chi connectivity index (χ2v) is 14.1. The number of ketones is 2. The highest BCUT2D eigenvalue weighted by Gasteiger charge is 2.66. The fraction of sp³-hybridized carbons (Fsp3) is 0.209. The third-order valence-corrected chi connectivity index (χ3v) is 11.6. The van der Waals surface area contributed by atoms with Crippen LogP contribution < -0.4 is 10.4 Å². The molecule has 8 nitrogen and oxygen atoms in total. The summed E-state index contributed by atoms with van der Waals surface area (Å²) in [5.41, 5.74) is 2.27. The highest BCUT2D eigenvalue weighted by molar-refractivity contribution is 6.58. The molecule has 9 heteroatoms. The van der Waals surface area contributed by atoms with Crippen LogP contribution >= 0.6 is 0 Å². The van der Waals surface area contributed by atoms with E-state index in [-0.39, 0.29) is 41.3 Å². The van der Waals surface area contributed by atoms with Crippen LogP contribution in [0.5, 0.6) is 5.75 Å². The molecule has 2 fully saturated rings. The molecule has 1 aliphatic heterocycles. The van der Waals surface area contributed by atoms with Crippen molar-refractivity contribution in [2.75, 3.05) is 4.90 Å². The standard InChI is InChI=1S/C43H36BNO7/c1-2-11-26-14-9-19-32(39(26)47)38-30-20-21-31-37(42(50)45(41(31)49)29-18-10-17-28(22-29)44(51)52)34(30)23-35-40(48)33(25-12-5-3-6-13-25)24-36(46)43(35,38)27-15-7-4-8-16-27/h2-10,12-20,22,24,31,34-35,37-38,47,51-52H,1,11,21,23H2/t31-,34+,35-,37-,38+,43-/m0/s1. The predicted molar refractivity (Wildman–Crippen MR) is 197 cm³/mol. The van der Waals surface area contributed by atoms with Gasteiger partial charge in [0.15, 0.2) is 11.6 Å². The number of benzene rings is 4. The highest BCUT2D eigenvalue weighted by atomic mass is 16.4. The van der Waals surface area contributed by atoms with Gasteiger partial charge in [-0.2, -0.15) is 0 Å². The minimum Gasteiger partial charge on any atom is -0.507 e. The van der Waals surface area contributed by atoms with Crippen molar-refractivity contribution in [1.82, 2.24) is 0 Å². The number of phenolic OH excluding ortho intramolecular Hbond substituents is 1. The van der Waals surface area contributed by atoms with Gasteiger partial charge in [0, 0.05) is 23.0 Å². The van der Waals surface area contributed by atoms with Crippen molar-refractivity contribution in [3.63, 3.8) is 0 Å². The Bertz CT molecular complexity index is 2210. The van der Waals surface area contributed by atoms with Gasteiger partial charge < -0.3 is 15.2 Å². The normalized spacial score (nSPS) is 26.6. The van der Waals surface area contributed by atoms with E-state index >= 15 is 9.59 Å². The molecule has 0 unspecified atom stereocenters. The number of aromatic hydroxyl groups is 1. The smallest absolute Gasteiger partial charge is 0.488 e. The summed E-state index contributed by atoms with van der Waals surface area (Å²) in [6.45, 7) is 3.86. The van der Waals surface area contributed by atoms with Crippen LogP contribution in [-0.2, 0) is 31.0 Å². The van der Waals surface area contributed by atoms with Crippen LogP contribution in [0, 0.1) is 23.7 Å². The summed E-state index contributed by atoms with van der Waals surface area (Å²) >= 11 is 0. The van der Waals surface area contributed by atoms with Crippen molar-refractivity contribution >= 4 is 47.2 Å². The van der Waals surface area contributed by atoms with Crippen LogP contribution in [0.4, 0.5) is 5.69 Å². The molecule has 8 rings (SSSR count). The van der Waals surface area contributed by atoms with E-state index in [0.29, 0.717) is 34.2 Å². The second kappa shape index (κ2) is 12.8. The summed E-state index contributed by atoms with van der Waals surface area (Å²) < 4.78 is 0. The molecule has 1 saturated heterocycles. The number of hydrogen-bond donors (Lipinski definition) is 3. The van der Waals surface area contributed by atoms with Gasteiger partial charge in [0.05, 0.1) is 22.9 Å². The third-order valence-electron chi connectivity index (χ3n) is 11.6. The van der Waals surface area contributed by atoms with Crippen LogP contribution in [0.2, 0.25) is 0 Å². The van der Waals surface area contributed by atoms with Crippen LogP contribution in [0.3, 0.4) is 0 Å². The molecule has 4 aromatic rings. The Morgan fingerprint density at radius 2 is 1.56 bits per heavy atom. The molecule has 3 aliphatic carbocycles. The Kier molecular flexibility index (Phi) is 8.28. The van der Waals surface area contributed by atoms with E-state index in [1.165, 1.54) is 18.2 Å². The lowest BCUT2D eigenvalue weighted by atomic mass is 9.44. The third kappa shape index (κ3) is 4.91. The number of para-hydroxylation sites is 1. The molecule has 0 aromatic heterocycles. The number of rotatable bonds is 7. The minimum atomic E-state index is -1.79. The van der Waals surface area contributed by atoms with Crippen LogP contribution in [0.15, 0.2) is 134 Å². The molecule has 1 heterocycles. The predicted octanol–water partition coefficient (Wildman–Crippen LogP) is 4.83. The number of hydrogen-bond acceptors (Lipinski definition) is 7. The molecule has 1 saturated carbocycles. The molecular formula is C43H36BNO7. The molecule has 0 radical (unpaired) electrons. The van der Waals surface area contributed by atoms with Gasteiger partial charge >= 0.3 is 7.12 Å². The van der Waals surface area contributed by atoms with E-state index in [2.05, 4.69) is 6.58 Å². The minimum absolute atomic E-state index is 0.00181. The fourth-order valence-electron chi connectivity index (χ4n) is 9.46. The number of anilines is 1. The number of phenols is 1. The van der Waals surface area contributed by atoms with Crippen molar-refractivity contribution < 1.29 is 34.3 Å². The molecule has 0 bridgehead atoms. The Balaban J connectivity index is 1.36. The summed E-state index contributed by atoms with van der Waals surface area (Å²) in [5, 5.41) is 31.7. The summed E-state index contributed by atoms with van der Waals surface area (Å²) in [6, 6.07) is 29.8. The van der Waals surface area contributed by atoms with Crippen molar-refractivity contribution in [2.24, 2.45) is 23.7 Å². The summed E-state index contributed by atoms with van der Waals surface area (Å²) in [7, 11) is -1.79. The number of imide groups is 1. The topological polar surface area (TPSA) is 132 Å². The van der Waals surface area contributed by atoms with Gasteiger partial charge in [-0.15, -0.1) is 6.58 Å². The lowest BCUT2D eigenvalue weighted by Crippen LogP contribution is -2.58. The monoisotopic (exact) mass is 689 g/mol. The van der Waals surface area contributed by atoms with E-state index in [1.54, 1.807) is 42.5 Å². The van der Waals surface area contributed by atoms with E-state index in [0.717, 1.165) is 10.5 Å². The number of allylic oxidation sites excluding steroid dienone is 5. The maximum absolute atomic E-state index is 15.2. The number of fused-ring (bicyclic) bond motifs is 4. The molecule has 2 amide bonds. The molecule has 4 aromatic carbocycles. The summed E-state index contributed by atoms with van der Waals surface area (Å²) in [4.78, 5) is 60.1. The first-order valence-corrected chi connectivity index (χ1v) is 17.5. The van der Waals surface area contributed by atoms with Crippen molar-refractivity contribution in [2.45, 2.75) is 30.6 Å². The summed E-state index contributed by atoms with van der Waals surface area (Å²) in [5.74, 6) is -5.34. The molecule has 4 aliphatic rings. The lowest BCUT2D eigenvalue weighted by Gasteiger charge is -2.55. The quantitative estimate of drug-likeness (QED) is 0.144. The average Bonchev–Trinajstić information content (AvgIpc) is 3.42. The zero-order valence-electron chi connectivity index (χ0n) is 28.3. The van der Waals surface area contributed by atoms with Gasteiger partial charge in [-0.3, -0.25) is 24.1 Å². The molecular weight excluding hydrogens is 653 g/mol. The first kappa shape index (κ1) is 33.5. The first-order chi connectivity index (χ1) is 25.2. The van der Waals surface area contributed by atoms with E-state index in [1.807, 2.05) is 60.7 Å². The van der Waals surface area contributed by atoms with Gasteiger partial charge in [0.1, 0.15) is 5.75 Å². The maximum atomic E-state index is 15.2. The van der Waals surface area contributed by atoms with Crippen molar-refractivity contribution in [3.05, 3.63) is 156 Å². The van der Waals surface area contributed by atoms with Gasteiger partial charge in [-0.1, -0.05) is 109 Å². The van der Waals surface area contributed by atoms with Crippen LogP contribution in [-0.4, -0.2) is 45.7 Å².